The van der Waals surface area contributed by atoms with Crippen molar-refractivity contribution >= 4 is 33.3 Å². The summed E-state index contributed by atoms with van der Waals surface area (Å²) in [4.78, 5) is 29.4. The largest absolute Gasteiger partial charge is 0.416 e. The second kappa shape index (κ2) is 10.00. The summed E-state index contributed by atoms with van der Waals surface area (Å²) in [5.41, 5.74) is 0.664. The number of alkyl halides is 3. The van der Waals surface area contributed by atoms with Gasteiger partial charge >= 0.3 is 6.18 Å². The van der Waals surface area contributed by atoms with Crippen LogP contribution in [0, 0.1) is 0 Å². The highest BCUT2D eigenvalue weighted by atomic mass is 32.1. The van der Waals surface area contributed by atoms with Crippen LogP contribution in [0.1, 0.15) is 77.6 Å². The van der Waals surface area contributed by atoms with Gasteiger partial charge in [-0.1, -0.05) is 26.3 Å². The molecule has 36 heavy (non-hydrogen) atoms. The predicted molar refractivity (Wildman–Crippen MR) is 137 cm³/mol. The quantitative estimate of drug-likeness (QED) is 0.374. The molecule has 192 valence electrons. The lowest BCUT2D eigenvalue weighted by Gasteiger charge is -2.36. The number of amides is 1. The van der Waals surface area contributed by atoms with E-state index in [-0.39, 0.29) is 17.4 Å². The van der Waals surface area contributed by atoms with Crippen LogP contribution in [0.2, 0.25) is 0 Å². The van der Waals surface area contributed by atoms with Gasteiger partial charge in [-0.2, -0.15) is 13.2 Å². The first-order chi connectivity index (χ1) is 17.3. The third kappa shape index (κ3) is 4.82. The number of aryl methyl sites for hydroxylation is 2. The van der Waals surface area contributed by atoms with E-state index in [0.717, 1.165) is 47.9 Å². The maximum absolute atomic E-state index is 13.1. The monoisotopic (exact) mass is 516 g/mol. The fraction of sp³-hybridized carbons (Fsp3) is 0.519. The van der Waals surface area contributed by atoms with E-state index in [1.807, 2.05) is 0 Å². The minimum atomic E-state index is -4.47. The number of hydrogen-bond donors (Lipinski definition) is 0. The normalized spacial score (nSPS) is 17.7. The van der Waals surface area contributed by atoms with Gasteiger partial charge in [-0.15, -0.1) is 11.3 Å². The molecule has 1 atom stereocenters. The number of rotatable bonds is 4. The van der Waals surface area contributed by atoms with Gasteiger partial charge in [-0.25, -0.2) is 9.97 Å². The van der Waals surface area contributed by atoms with Gasteiger partial charge in [0.1, 0.15) is 16.5 Å². The minimum absolute atomic E-state index is 0.0740. The van der Waals surface area contributed by atoms with E-state index >= 15 is 0 Å². The summed E-state index contributed by atoms with van der Waals surface area (Å²) in [5, 5.41) is 1.17. The summed E-state index contributed by atoms with van der Waals surface area (Å²) >= 11 is 1.81. The van der Waals surface area contributed by atoms with Gasteiger partial charge in [0.2, 0.25) is 0 Å². The van der Waals surface area contributed by atoms with Crippen LogP contribution in [0.15, 0.2) is 24.3 Å². The molecule has 9 heteroatoms. The second-order valence-electron chi connectivity index (χ2n) is 9.82. The van der Waals surface area contributed by atoms with E-state index in [1.54, 1.807) is 16.2 Å². The third-order valence-corrected chi connectivity index (χ3v) is 8.60. The number of carbonyl (C=O) groups is 1. The van der Waals surface area contributed by atoms with Gasteiger partial charge < -0.3 is 9.80 Å². The van der Waals surface area contributed by atoms with Gasteiger partial charge in [0.05, 0.1) is 10.9 Å². The summed E-state index contributed by atoms with van der Waals surface area (Å²) < 4.78 is 39.4. The van der Waals surface area contributed by atoms with Gasteiger partial charge in [0.15, 0.2) is 0 Å². The Labute approximate surface area is 213 Å². The minimum Gasteiger partial charge on any atom is -0.352 e. The number of nitrogens with zero attached hydrogens (tertiary/aromatic N) is 4. The Hall–Kier alpha value is -2.68. The molecule has 1 aliphatic heterocycles. The van der Waals surface area contributed by atoms with Crippen LogP contribution in [0.5, 0.6) is 0 Å². The Morgan fingerprint density at radius 2 is 1.83 bits per heavy atom. The lowest BCUT2D eigenvalue weighted by molar-refractivity contribution is -0.137. The number of halogens is 3. The Kier molecular flexibility index (Phi) is 6.94. The molecule has 0 N–H and O–H groups in total. The van der Waals surface area contributed by atoms with Crippen LogP contribution in [0.25, 0.3) is 10.2 Å². The van der Waals surface area contributed by atoms with Crippen LogP contribution < -0.4 is 4.90 Å². The molecule has 0 bridgehead atoms. The van der Waals surface area contributed by atoms with Crippen molar-refractivity contribution in [2.75, 3.05) is 31.1 Å². The number of thiophene rings is 1. The second-order valence-corrected chi connectivity index (χ2v) is 10.9. The molecule has 3 heterocycles. The van der Waals surface area contributed by atoms with E-state index in [2.05, 4.69) is 18.7 Å². The molecule has 0 unspecified atom stereocenters. The van der Waals surface area contributed by atoms with Crippen molar-refractivity contribution in [3.63, 3.8) is 0 Å². The van der Waals surface area contributed by atoms with Crippen LogP contribution >= 0.6 is 11.3 Å². The standard InChI is InChI=1S/C27H31F3N4OS/c1-3-17(2)23-31-24(22-20-10-5-4-6-11-21(20)36-25(22)32-23)33-12-14-34(15-13-33)26(35)18-8-7-9-19(16-18)27(28,29)30/h7-9,16-17H,3-6,10-15H2,1-2H3/t17-/m1/s1. The molecule has 1 saturated heterocycles. The lowest BCUT2D eigenvalue weighted by atomic mass is 10.1. The number of hydrogen-bond acceptors (Lipinski definition) is 5. The predicted octanol–water partition coefficient (Wildman–Crippen LogP) is 6.45. The molecule has 0 radical (unpaired) electrons. The smallest absolute Gasteiger partial charge is 0.352 e. The van der Waals surface area contributed by atoms with Gasteiger partial charge in [0, 0.05) is 42.5 Å². The number of aromatic nitrogens is 2. The Bertz CT molecular complexity index is 1260. The van der Waals surface area contributed by atoms with Crippen molar-refractivity contribution < 1.29 is 18.0 Å². The first-order valence-corrected chi connectivity index (χ1v) is 13.6. The molecule has 1 amide bonds. The SMILES string of the molecule is CC[C@@H](C)c1nc(N2CCN(C(=O)c3cccc(C(F)(F)F)c3)CC2)c2c3c(sc2n1)CCCCC3. The fourth-order valence-electron chi connectivity index (χ4n) is 5.10. The third-order valence-electron chi connectivity index (χ3n) is 7.42. The average Bonchev–Trinajstić information content (AvgIpc) is 3.07. The number of fused-ring (bicyclic) bond motifs is 3. The number of carbonyl (C=O) groups excluding carboxylic acids is 1. The summed E-state index contributed by atoms with van der Waals surface area (Å²) in [7, 11) is 0. The molecule has 5 rings (SSSR count). The molecule has 1 fully saturated rings. The first-order valence-electron chi connectivity index (χ1n) is 12.8. The van der Waals surface area contributed by atoms with Crippen molar-refractivity contribution in [1.29, 1.82) is 0 Å². The van der Waals surface area contributed by atoms with E-state index in [9.17, 15) is 18.0 Å². The number of piperazine rings is 1. The molecule has 3 aromatic rings. The average molecular weight is 517 g/mol. The zero-order valence-corrected chi connectivity index (χ0v) is 21.5. The Morgan fingerprint density at radius 3 is 2.56 bits per heavy atom. The van der Waals surface area contributed by atoms with Crippen molar-refractivity contribution in [3.05, 3.63) is 51.7 Å². The summed E-state index contributed by atoms with van der Waals surface area (Å²) in [6.07, 6.45) is 2.23. The summed E-state index contributed by atoms with van der Waals surface area (Å²) in [5.74, 6) is 1.71. The van der Waals surface area contributed by atoms with Gasteiger partial charge in [-0.05, 0) is 55.9 Å². The zero-order chi connectivity index (χ0) is 25.4. The number of benzene rings is 1. The molecule has 5 nitrogen and oxygen atoms in total. The highest BCUT2D eigenvalue weighted by molar-refractivity contribution is 7.19. The lowest BCUT2D eigenvalue weighted by Crippen LogP contribution is -2.49. The van der Waals surface area contributed by atoms with Crippen molar-refractivity contribution in [2.24, 2.45) is 0 Å². The highest BCUT2D eigenvalue weighted by Crippen LogP contribution is 2.40. The Morgan fingerprint density at radius 1 is 1.08 bits per heavy atom. The maximum atomic E-state index is 13.1. The maximum Gasteiger partial charge on any atom is 0.416 e. The molecular weight excluding hydrogens is 485 g/mol. The zero-order valence-electron chi connectivity index (χ0n) is 20.7. The number of anilines is 1. The highest BCUT2D eigenvalue weighted by Gasteiger charge is 2.32. The van der Waals surface area contributed by atoms with Gasteiger partial charge in [-0.3, -0.25) is 4.79 Å². The van der Waals surface area contributed by atoms with Crippen LogP contribution in [0.3, 0.4) is 0 Å². The van der Waals surface area contributed by atoms with Crippen LogP contribution in [-0.4, -0.2) is 47.0 Å². The van der Waals surface area contributed by atoms with Crippen molar-refractivity contribution in [1.82, 2.24) is 14.9 Å². The van der Waals surface area contributed by atoms with E-state index in [4.69, 9.17) is 9.97 Å². The molecule has 2 aromatic heterocycles. The van der Waals surface area contributed by atoms with E-state index < -0.39 is 11.7 Å². The molecular formula is C27H31F3N4OS. The fourth-order valence-corrected chi connectivity index (χ4v) is 6.36. The summed E-state index contributed by atoms with van der Waals surface area (Å²) in [6.45, 7) is 6.33. The van der Waals surface area contributed by atoms with E-state index in [1.165, 1.54) is 47.2 Å². The van der Waals surface area contributed by atoms with Crippen LogP contribution in [0.4, 0.5) is 19.0 Å². The molecule has 1 aliphatic carbocycles. The molecule has 2 aliphatic rings. The molecule has 0 saturated carbocycles. The topological polar surface area (TPSA) is 49.3 Å². The first kappa shape index (κ1) is 25.0. The van der Waals surface area contributed by atoms with Crippen LogP contribution in [-0.2, 0) is 19.0 Å². The van der Waals surface area contributed by atoms with Crippen molar-refractivity contribution in [3.8, 4) is 0 Å². The Balaban J connectivity index is 1.42. The van der Waals surface area contributed by atoms with Gasteiger partial charge in [0.25, 0.3) is 5.91 Å². The van der Waals surface area contributed by atoms with E-state index in [0.29, 0.717) is 26.2 Å². The summed E-state index contributed by atoms with van der Waals surface area (Å²) in [6, 6.07) is 4.69. The molecule has 0 spiro atoms. The molecule has 1 aromatic carbocycles. The van der Waals surface area contributed by atoms with Crippen molar-refractivity contribution in [2.45, 2.75) is 64.5 Å².